The van der Waals surface area contributed by atoms with Crippen LogP contribution < -0.4 is 0 Å². The molecule has 0 radical (unpaired) electrons. The highest BCUT2D eigenvalue weighted by Crippen LogP contribution is 2.19. The van der Waals surface area contributed by atoms with Crippen LogP contribution in [0.2, 0.25) is 5.02 Å². The van der Waals surface area contributed by atoms with Crippen LogP contribution in [0.5, 0.6) is 0 Å². The maximum atomic E-state index is 5.96. The van der Waals surface area contributed by atoms with E-state index in [-0.39, 0.29) is 0 Å². The predicted molar refractivity (Wildman–Crippen MR) is 86.6 cm³/mol. The molecule has 2 aromatic heterocycles. The van der Waals surface area contributed by atoms with Crippen molar-refractivity contribution in [3.8, 4) is 0 Å². The summed E-state index contributed by atoms with van der Waals surface area (Å²) in [5, 5.41) is 0.759. The fourth-order valence-electron chi connectivity index (χ4n) is 2.46. The fourth-order valence-corrected chi connectivity index (χ4v) is 2.59. The zero-order valence-electron chi connectivity index (χ0n) is 12.3. The molecule has 3 rings (SSSR count). The topological polar surface area (TPSA) is 30.7 Å². The van der Waals surface area contributed by atoms with Crippen LogP contribution in [0.1, 0.15) is 25.2 Å². The summed E-state index contributed by atoms with van der Waals surface area (Å²) in [4.78, 5) is 9.24. The van der Waals surface area contributed by atoms with Gasteiger partial charge in [0.2, 0.25) is 0 Å². The van der Waals surface area contributed by atoms with Gasteiger partial charge in [-0.25, -0.2) is 9.97 Å². The Hall–Kier alpha value is -1.87. The number of nitrogens with zero attached hydrogens (tertiary/aromatic N) is 3. The van der Waals surface area contributed by atoms with Gasteiger partial charge in [0.25, 0.3) is 0 Å². The summed E-state index contributed by atoms with van der Waals surface area (Å²) in [5.41, 5.74) is 3.11. The minimum atomic E-state index is 0.561. The third-order valence-corrected chi connectivity index (χ3v) is 3.68. The predicted octanol–water partition coefficient (Wildman–Crippen LogP) is 4.33. The smallest absolute Gasteiger partial charge is 0.160 e. The van der Waals surface area contributed by atoms with Crippen molar-refractivity contribution in [3.05, 3.63) is 59.0 Å². The number of halogens is 1. The van der Waals surface area contributed by atoms with Crippen molar-refractivity contribution in [1.82, 2.24) is 14.5 Å². The Kier molecular flexibility index (Phi) is 3.93. The number of rotatable bonds is 4. The largest absolute Gasteiger partial charge is 0.308 e. The third kappa shape index (κ3) is 3.08. The second-order valence-corrected chi connectivity index (χ2v) is 6.12. The van der Waals surface area contributed by atoms with Crippen LogP contribution in [0.15, 0.2) is 42.6 Å². The van der Waals surface area contributed by atoms with Crippen LogP contribution in [-0.2, 0) is 13.0 Å². The number of hydrogen-bond acceptors (Lipinski definition) is 2. The molecule has 0 saturated carbocycles. The summed E-state index contributed by atoms with van der Waals surface area (Å²) < 4.78 is 2.21. The fraction of sp³-hybridized carbons (Fsp3) is 0.294. The Labute approximate surface area is 129 Å². The number of imidazole rings is 1. The molecule has 0 fully saturated rings. The average molecular weight is 300 g/mol. The molecule has 3 aromatic rings. The van der Waals surface area contributed by atoms with E-state index in [1.54, 1.807) is 0 Å². The van der Waals surface area contributed by atoms with E-state index >= 15 is 0 Å². The Bertz CT molecular complexity index is 744. The van der Waals surface area contributed by atoms with Gasteiger partial charge in [-0.05, 0) is 35.7 Å². The molecule has 0 unspecified atom stereocenters. The highest BCUT2D eigenvalue weighted by molar-refractivity contribution is 6.30. The van der Waals surface area contributed by atoms with Gasteiger partial charge in [0.15, 0.2) is 5.65 Å². The van der Waals surface area contributed by atoms with E-state index in [0.717, 1.165) is 35.0 Å². The zero-order valence-corrected chi connectivity index (χ0v) is 13.0. The molecular weight excluding hydrogens is 282 g/mol. The first-order chi connectivity index (χ1) is 10.1. The Morgan fingerprint density at radius 3 is 2.62 bits per heavy atom. The first-order valence-electron chi connectivity index (χ1n) is 7.18. The van der Waals surface area contributed by atoms with E-state index in [0.29, 0.717) is 5.92 Å². The summed E-state index contributed by atoms with van der Waals surface area (Å²) in [7, 11) is 0. The van der Waals surface area contributed by atoms with E-state index in [1.807, 2.05) is 30.5 Å². The molecule has 0 aliphatic rings. The highest BCUT2D eigenvalue weighted by Gasteiger charge is 2.13. The van der Waals surface area contributed by atoms with Gasteiger partial charge < -0.3 is 4.57 Å². The third-order valence-electron chi connectivity index (χ3n) is 3.43. The highest BCUT2D eigenvalue weighted by atomic mass is 35.5. The molecule has 0 aliphatic heterocycles. The summed E-state index contributed by atoms with van der Waals surface area (Å²) >= 11 is 5.96. The summed E-state index contributed by atoms with van der Waals surface area (Å²) in [5.74, 6) is 1.65. The second-order valence-electron chi connectivity index (χ2n) is 5.68. The normalized spacial score (nSPS) is 11.4. The van der Waals surface area contributed by atoms with Crippen molar-refractivity contribution in [2.75, 3.05) is 0 Å². The van der Waals surface area contributed by atoms with E-state index in [9.17, 15) is 0 Å². The molecule has 108 valence electrons. The van der Waals surface area contributed by atoms with E-state index in [1.165, 1.54) is 5.56 Å². The number of hydrogen-bond donors (Lipinski definition) is 0. The van der Waals surface area contributed by atoms with Gasteiger partial charge in [0.05, 0.1) is 6.54 Å². The first kappa shape index (κ1) is 14.1. The summed E-state index contributed by atoms with van der Waals surface area (Å²) in [6.07, 6.45) is 2.77. The van der Waals surface area contributed by atoms with Gasteiger partial charge in [-0.1, -0.05) is 37.6 Å². The van der Waals surface area contributed by atoms with Crippen molar-refractivity contribution in [1.29, 1.82) is 0 Å². The Morgan fingerprint density at radius 1 is 1.14 bits per heavy atom. The van der Waals surface area contributed by atoms with Crippen molar-refractivity contribution < 1.29 is 0 Å². The standard InChI is InChI=1S/C17H18ClN3/c1-12(2)10-16-20-15-4-3-9-19-17(15)21(16)11-13-5-7-14(18)8-6-13/h3-9,12H,10-11H2,1-2H3. The Morgan fingerprint density at radius 2 is 1.90 bits per heavy atom. The monoisotopic (exact) mass is 299 g/mol. The van der Waals surface area contributed by atoms with Crippen LogP contribution in [-0.4, -0.2) is 14.5 Å². The lowest BCUT2D eigenvalue weighted by atomic mass is 10.1. The number of aromatic nitrogens is 3. The second kappa shape index (κ2) is 5.86. The molecule has 0 atom stereocenters. The molecule has 4 heteroatoms. The maximum Gasteiger partial charge on any atom is 0.160 e. The summed E-state index contributed by atoms with van der Waals surface area (Å²) in [6.45, 7) is 5.19. The van der Waals surface area contributed by atoms with E-state index < -0.39 is 0 Å². The molecule has 0 aliphatic carbocycles. The Balaban J connectivity index is 2.03. The van der Waals surface area contributed by atoms with Gasteiger partial charge in [-0.2, -0.15) is 0 Å². The van der Waals surface area contributed by atoms with Gasteiger partial charge in [0.1, 0.15) is 11.3 Å². The average Bonchev–Trinajstić information content (AvgIpc) is 2.78. The lowest BCUT2D eigenvalue weighted by Crippen LogP contribution is -2.08. The van der Waals surface area contributed by atoms with Crippen molar-refractivity contribution in [2.24, 2.45) is 5.92 Å². The number of pyridine rings is 1. The molecule has 1 aromatic carbocycles. The van der Waals surface area contributed by atoms with Crippen molar-refractivity contribution >= 4 is 22.8 Å². The minimum absolute atomic E-state index is 0.561. The van der Waals surface area contributed by atoms with E-state index in [2.05, 4.69) is 35.5 Å². The molecule has 0 amide bonds. The van der Waals surface area contributed by atoms with Gasteiger partial charge in [0, 0.05) is 17.6 Å². The zero-order chi connectivity index (χ0) is 14.8. The lowest BCUT2D eigenvalue weighted by Gasteiger charge is -2.10. The molecule has 0 saturated heterocycles. The molecule has 0 spiro atoms. The molecule has 0 N–H and O–H groups in total. The first-order valence-corrected chi connectivity index (χ1v) is 7.56. The lowest BCUT2D eigenvalue weighted by molar-refractivity contribution is 0.594. The van der Waals surface area contributed by atoms with Gasteiger partial charge in [-0.3, -0.25) is 0 Å². The van der Waals surface area contributed by atoms with Gasteiger partial charge in [-0.15, -0.1) is 0 Å². The van der Waals surface area contributed by atoms with Gasteiger partial charge >= 0.3 is 0 Å². The minimum Gasteiger partial charge on any atom is -0.308 e. The van der Waals surface area contributed by atoms with Crippen LogP contribution in [0, 0.1) is 5.92 Å². The quantitative estimate of drug-likeness (QED) is 0.718. The molecule has 0 bridgehead atoms. The molecule has 21 heavy (non-hydrogen) atoms. The van der Waals surface area contributed by atoms with Crippen molar-refractivity contribution in [3.63, 3.8) is 0 Å². The van der Waals surface area contributed by atoms with E-state index in [4.69, 9.17) is 16.6 Å². The molecular formula is C17H18ClN3. The SMILES string of the molecule is CC(C)Cc1nc2cccnc2n1Cc1ccc(Cl)cc1. The maximum absolute atomic E-state index is 5.96. The molecule has 2 heterocycles. The molecule has 3 nitrogen and oxygen atoms in total. The number of benzene rings is 1. The van der Waals surface area contributed by atoms with Crippen molar-refractivity contribution in [2.45, 2.75) is 26.8 Å². The van der Waals surface area contributed by atoms with Crippen LogP contribution >= 0.6 is 11.6 Å². The van der Waals surface area contributed by atoms with Crippen LogP contribution in [0.4, 0.5) is 0 Å². The van der Waals surface area contributed by atoms with Crippen LogP contribution in [0.25, 0.3) is 11.2 Å². The van der Waals surface area contributed by atoms with Crippen LogP contribution in [0.3, 0.4) is 0 Å². The summed E-state index contributed by atoms with van der Waals surface area (Å²) in [6, 6.07) is 11.9. The number of fused-ring (bicyclic) bond motifs is 1.